The van der Waals surface area contributed by atoms with Crippen LogP contribution < -0.4 is 10.9 Å². The first-order chi connectivity index (χ1) is 12.6. The number of amidine groups is 1. The van der Waals surface area contributed by atoms with E-state index in [9.17, 15) is 14.9 Å². The molecule has 1 aliphatic rings. The van der Waals surface area contributed by atoms with Crippen molar-refractivity contribution in [3.05, 3.63) is 104 Å². The third-order valence-corrected chi connectivity index (χ3v) is 4.23. The van der Waals surface area contributed by atoms with E-state index in [1.54, 1.807) is 24.4 Å². The number of nitro groups is 1. The second-order valence-electron chi connectivity index (χ2n) is 5.86. The van der Waals surface area contributed by atoms with Crippen LogP contribution in [0.2, 0.25) is 0 Å². The van der Waals surface area contributed by atoms with E-state index in [-0.39, 0.29) is 11.2 Å². The van der Waals surface area contributed by atoms with Crippen molar-refractivity contribution in [3.8, 4) is 0 Å². The fourth-order valence-corrected chi connectivity index (χ4v) is 3.02. The quantitative estimate of drug-likeness (QED) is 0.561. The number of anilines is 1. The first kappa shape index (κ1) is 15.8. The van der Waals surface area contributed by atoms with Crippen molar-refractivity contribution in [2.24, 2.45) is 4.99 Å². The number of aromatic amines is 1. The number of aliphatic imine (C=N–C) groups is 1. The maximum absolute atomic E-state index is 12.4. The molecule has 26 heavy (non-hydrogen) atoms. The number of nitro benzene ring substituents is 1. The van der Waals surface area contributed by atoms with Gasteiger partial charge in [0.15, 0.2) is 0 Å². The van der Waals surface area contributed by atoms with Crippen LogP contribution in [0.25, 0.3) is 0 Å². The number of rotatable bonds is 3. The molecule has 7 nitrogen and oxygen atoms in total. The van der Waals surface area contributed by atoms with E-state index in [2.05, 4.69) is 15.3 Å². The minimum absolute atomic E-state index is 0.0357. The number of benzene rings is 2. The number of nitrogens with one attached hydrogen (secondary N) is 2. The van der Waals surface area contributed by atoms with Crippen molar-refractivity contribution < 1.29 is 4.92 Å². The van der Waals surface area contributed by atoms with Gasteiger partial charge in [-0.3, -0.25) is 19.9 Å². The van der Waals surface area contributed by atoms with Gasteiger partial charge in [0.05, 0.1) is 16.2 Å². The van der Waals surface area contributed by atoms with Gasteiger partial charge < -0.3 is 10.3 Å². The highest BCUT2D eigenvalue weighted by Crippen LogP contribution is 2.34. The second kappa shape index (κ2) is 6.29. The van der Waals surface area contributed by atoms with E-state index in [0.29, 0.717) is 22.6 Å². The lowest BCUT2D eigenvalue weighted by Gasteiger charge is -2.24. The van der Waals surface area contributed by atoms with Crippen LogP contribution in [0.3, 0.4) is 0 Å². The fourth-order valence-electron chi connectivity index (χ4n) is 3.02. The number of aromatic nitrogens is 1. The van der Waals surface area contributed by atoms with Gasteiger partial charge in [-0.2, -0.15) is 0 Å². The van der Waals surface area contributed by atoms with Crippen molar-refractivity contribution in [1.82, 2.24) is 4.98 Å². The Morgan fingerprint density at radius 3 is 2.62 bits per heavy atom. The van der Waals surface area contributed by atoms with Crippen LogP contribution in [-0.2, 0) is 0 Å². The molecule has 7 heteroatoms. The molecule has 128 valence electrons. The molecular weight excluding hydrogens is 332 g/mol. The summed E-state index contributed by atoms with van der Waals surface area (Å²) in [7, 11) is 0. The van der Waals surface area contributed by atoms with Gasteiger partial charge in [0.1, 0.15) is 11.9 Å². The molecule has 1 aliphatic heterocycles. The number of pyridine rings is 1. The number of non-ortho nitro benzene ring substituents is 1. The molecule has 1 aromatic heterocycles. The second-order valence-corrected chi connectivity index (χ2v) is 5.86. The van der Waals surface area contributed by atoms with Gasteiger partial charge in [-0.05, 0) is 11.6 Å². The molecule has 3 aromatic rings. The average molecular weight is 346 g/mol. The molecule has 2 aromatic carbocycles. The molecule has 0 spiro atoms. The van der Waals surface area contributed by atoms with Gasteiger partial charge in [0.2, 0.25) is 0 Å². The molecule has 1 unspecified atom stereocenters. The summed E-state index contributed by atoms with van der Waals surface area (Å²) < 4.78 is 0. The topological polar surface area (TPSA) is 100 Å². The Labute approximate surface area is 148 Å². The van der Waals surface area contributed by atoms with Crippen molar-refractivity contribution in [1.29, 1.82) is 0 Å². The van der Waals surface area contributed by atoms with Crippen molar-refractivity contribution >= 4 is 17.2 Å². The van der Waals surface area contributed by atoms with Crippen LogP contribution >= 0.6 is 0 Å². The highest BCUT2D eigenvalue weighted by Gasteiger charge is 2.27. The van der Waals surface area contributed by atoms with E-state index in [4.69, 9.17) is 0 Å². The molecule has 2 N–H and O–H groups in total. The molecule has 0 radical (unpaired) electrons. The van der Waals surface area contributed by atoms with Crippen molar-refractivity contribution in [2.75, 3.05) is 5.32 Å². The molecule has 0 aliphatic carbocycles. The van der Waals surface area contributed by atoms with E-state index in [1.807, 2.05) is 30.3 Å². The largest absolute Gasteiger partial charge is 0.340 e. The standard InChI is InChI=1S/C19H14N4O3/c24-19-16-15(9-10-20-19)21-18(12-5-2-1-3-6-12)22-17(16)13-7-4-8-14(11-13)23(25)26/h1-11,17H,(H,20,24)(H,21,22). The van der Waals surface area contributed by atoms with Crippen LogP contribution in [0.4, 0.5) is 11.4 Å². The molecule has 0 amide bonds. The lowest BCUT2D eigenvalue weighted by Crippen LogP contribution is -2.27. The first-order valence-corrected chi connectivity index (χ1v) is 7.99. The van der Waals surface area contributed by atoms with Gasteiger partial charge in [0.25, 0.3) is 11.2 Å². The van der Waals surface area contributed by atoms with Gasteiger partial charge in [-0.1, -0.05) is 42.5 Å². The number of hydrogen-bond acceptors (Lipinski definition) is 5. The third kappa shape index (κ3) is 2.75. The summed E-state index contributed by atoms with van der Waals surface area (Å²) in [6.07, 6.45) is 1.56. The summed E-state index contributed by atoms with van der Waals surface area (Å²) >= 11 is 0. The zero-order chi connectivity index (χ0) is 18.1. The average Bonchev–Trinajstić information content (AvgIpc) is 2.68. The molecular formula is C19H14N4O3. The Balaban J connectivity index is 1.90. The Morgan fingerprint density at radius 2 is 1.85 bits per heavy atom. The van der Waals surface area contributed by atoms with Crippen molar-refractivity contribution in [2.45, 2.75) is 6.04 Å². The summed E-state index contributed by atoms with van der Waals surface area (Å²) in [6, 6.07) is 16.9. The number of nitrogens with zero attached hydrogens (tertiary/aromatic N) is 2. The normalized spacial score (nSPS) is 15.5. The van der Waals surface area contributed by atoms with Crippen LogP contribution in [0.1, 0.15) is 22.7 Å². The third-order valence-electron chi connectivity index (χ3n) is 4.23. The number of fused-ring (bicyclic) bond motifs is 1. The first-order valence-electron chi connectivity index (χ1n) is 7.99. The minimum atomic E-state index is -0.633. The van der Waals surface area contributed by atoms with E-state index in [1.165, 1.54) is 12.1 Å². The predicted octanol–water partition coefficient (Wildman–Crippen LogP) is 3.24. The number of hydrogen-bond donors (Lipinski definition) is 2. The van der Waals surface area contributed by atoms with E-state index < -0.39 is 11.0 Å². The maximum atomic E-state index is 12.4. The molecule has 0 fully saturated rings. The summed E-state index contributed by atoms with van der Waals surface area (Å²) in [5.41, 5.74) is 2.22. The lowest BCUT2D eigenvalue weighted by atomic mass is 9.96. The van der Waals surface area contributed by atoms with Crippen LogP contribution in [0.5, 0.6) is 0 Å². The van der Waals surface area contributed by atoms with Gasteiger partial charge in [-0.25, -0.2) is 0 Å². The van der Waals surface area contributed by atoms with Gasteiger partial charge in [0, 0.05) is 23.9 Å². The van der Waals surface area contributed by atoms with E-state index in [0.717, 1.165) is 5.56 Å². The van der Waals surface area contributed by atoms with Crippen LogP contribution in [0.15, 0.2) is 76.6 Å². The molecule has 0 saturated heterocycles. The number of H-pyrrole nitrogens is 1. The zero-order valence-electron chi connectivity index (χ0n) is 13.5. The summed E-state index contributed by atoms with van der Waals surface area (Å²) in [5.74, 6) is 0.611. The highest BCUT2D eigenvalue weighted by atomic mass is 16.6. The van der Waals surface area contributed by atoms with E-state index >= 15 is 0 Å². The minimum Gasteiger partial charge on any atom is -0.340 e. The van der Waals surface area contributed by atoms with Crippen molar-refractivity contribution in [3.63, 3.8) is 0 Å². The van der Waals surface area contributed by atoms with Crippen LogP contribution in [-0.4, -0.2) is 15.7 Å². The predicted molar refractivity (Wildman–Crippen MR) is 98.6 cm³/mol. The molecule has 0 bridgehead atoms. The summed E-state index contributed by atoms with van der Waals surface area (Å²) in [4.78, 5) is 30.4. The summed E-state index contributed by atoms with van der Waals surface area (Å²) in [6.45, 7) is 0. The highest BCUT2D eigenvalue weighted by molar-refractivity contribution is 6.09. The Hall–Kier alpha value is -3.74. The fraction of sp³-hybridized carbons (Fsp3) is 0.0526. The Morgan fingerprint density at radius 1 is 1.04 bits per heavy atom. The van der Waals surface area contributed by atoms with Crippen LogP contribution in [0, 0.1) is 10.1 Å². The zero-order valence-corrected chi connectivity index (χ0v) is 13.5. The van der Waals surface area contributed by atoms with Gasteiger partial charge >= 0.3 is 0 Å². The van der Waals surface area contributed by atoms with Gasteiger partial charge in [-0.15, -0.1) is 0 Å². The smallest absolute Gasteiger partial charge is 0.269 e. The Bertz CT molecular complexity index is 1070. The molecule has 0 saturated carbocycles. The summed E-state index contributed by atoms with van der Waals surface area (Å²) in [5, 5.41) is 14.3. The maximum Gasteiger partial charge on any atom is 0.269 e. The molecule has 2 heterocycles. The Kier molecular flexibility index (Phi) is 3.81. The lowest BCUT2D eigenvalue weighted by molar-refractivity contribution is -0.384. The monoisotopic (exact) mass is 346 g/mol. The SMILES string of the molecule is O=c1[nH]ccc2c1C(c1cccc([N+](=O)[O-])c1)N=C(c1ccccc1)N2. The molecule has 4 rings (SSSR count). The molecule has 1 atom stereocenters.